The molecule has 0 radical (unpaired) electrons. The topological polar surface area (TPSA) is 80.9 Å². The number of carbonyl (C=O) groups excluding carboxylic acids is 2. The Hall–Kier alpha value is -3.19. The van der Waals surface area contributed by atoms with E-state index < -0.39 is 18.1 Å². The Kier molecular flexibility index (Phi) is 5.21. The van der Waals surface area contributed by atoms with Crippen molar-refractivity contribution in [3.63, 3.8) is 0 Å². The van der Waals surface area contributed by atoms with Gasteiger partial charge in [-0.3, -0.25) is 4.79 Å². The molecule has 7 nitrogen and oxygen atoms in total. The third kappa shape index (κ3) is 3.11. The van der Waals surface area contributed by atoms with E-state index in [9.17, 15) is 9.59 Å². The first kappa shape index (κ1) is 20.7. The first-order valence-electron chi connectivity index (χ1n) is 10.6. The fraction of sp³-hybridized carbons (Fsp3) is 0.333. The number of rotatable bonds is 4. The third-order valence-corrected chi connectivity index (χ3v) is 6.43. The highest BCUT2D eigenvalue weighted by molar-refractivity contribution is 6.27. The van der Waals surface area contributed by atoms with Gasteiger partial charge >= 0.3 is 5.97 Å². The highest BCUT2D eigenvalue weighted by Crippen LogP contribution is 2.48. The molecular formula is C24H23ClN2O5. The Bertz CT molecular complexity index is 1210. The van der Waals surface area contributed by atoms with E-state index in [0.717, 1.165) is 27.7 Å². The van der Waals surface area contributed by atoms with E-state index in [1.165, 1.54) is 0 Å². The van der Waals surface area contributed by atoms with Gasteiger partial charge in [-0.2, -0.15) is 0 Å². The Morgan fingerprint density at radius 3 is 2.75 bits per heavy atom. The number of alkyl halides is 1. The summed E-state index contributed by atoms with van der Waals surface area (Å²) in [5.41, 5.74) is 3.59. The second kappa shape index (κ2) is 8.06. The van der Waals surface area contributed by atoms with Crippen LogP contribution in [0, 0.1) is 0 Å². The maximum atomic E-state index is 13.2. The van der Waals surface area contributed by atoms with Crippen molar-refractivity contribution >= 4 is 34.4 Å². The molecule has 1 amide bonds. The van der Waals surface area contributed by atoms with Crippen molar-refractivity contribution in [3.05, 3.63) is 59.3 Å². The Morgan fingerprint density at radius 2 is 1.97 bits per heavy atom. The number of halogens is 1. The standard InChI is InChI=1S/C24H23ClN2O5/c1-3-30-24(29)22-13(2)20-15-6-4-5-7-16(15)26-21(20)23(27(22)19(28)11-25)14-8-9-17-18(10-14)32-12-31-17/h4-10,13,22-23,26H,3,11-12H2,1-2H3/t13-,22-,23-/m1/s1. The van der Waals surface area contributed by atoms with E-state index >= 15 is 0 Å². The molecule has 2 aliphatic rings. The van der Waals surface area contributed by atoms with Crippen LogP contribution in [-0.4, -0.2) is 47.1 Å². The monoisotopic (exact) mass is 454 g/mol. The van der Waals surface area contributed by atoms with Crippen LogP contribution in [0.5, 0.6) is 11.5 Å². The molecule has 0 aliphatic carbocycles. The molecule has 0 saturated heterocycles. The molecule has 32 heavy (non-hydrogen) atoms. The SMILES string of the molecule is CCOC(=O)[C@H]1[C@H](C)c2c([nH]c3ccccc23)[C@@H](c2ccc3c(c2)OCO3)N1C(=O)CCl. The lowest BCUT2D eigenvalue weighted by Gasteiger charge is -2.44. The van der Waals surface area contributed by atoms with Gasteiger partial charge in [0.25, 0.3) is 0 Å². The fourth-order valence-electron chi connectivity index (χ4n) is 4.91. The van der Waals surface area contributed by atoms with Gasteiger partial charge in [0.05, 0.1) is 12.6 Å². The van der Waals surface area contributed by atoms with Crippen LogP contribution in [0.2, 0.25) is 0 Å². The summed E-state index contributed by atoms with van der Waals surface area (Å²) < 4.78 is 16.4. The summed E-state index contributed by atoms with van der Waals surface area (Å²) in [6, 6.07) is 12.1. The normalized spacial score (nSPS) is 21.5. The fourth-order valence-corrected chi connectivity index (χ4v) is 5.05. The Morgan fingerprint density at radius 1 is 1.19 bits per heavy atom. The Labute approximate surface area is 190 Å². The van der Waals surface area contributed by atoms with Crippen molar-refractivity contribution in [3.8, 4) is 11.5 Å². The summed E-state index contributed by atoms with van der Waals surface area (Å²) >= 11 is 6.03. The summed E-state index contributed by atoms with van der Waals surface area (Å²) in [6.45, 7) is 4.07. The number of esters is 1. The van der Waals surface area contributed by atoms with Crippen molar-refractivity contribution in [2.45, 2.75) is 31.8 Å². The van der Waals surface area contributed by atoms with E-state index in [2.05, 4.69) is 4.98 Å². The molecule has 2 aliphatic heterocycles. The van der Waals surface area contributed by atoms with E-state index in [1.807, 2.05) is 49.4 Å². The molecule has 3 atom stereocenters. The number of aromatic amines is 1. The van der Waals surface area contributed by atoms with Crippen molar-refractivity contribution in [2.75, 3.05) is 19.3 Å². The molecule has 1 aromatic heterocycles. The molecule has 3 heterocycles. The van der Waals surface area contributed by atoms with Gasteiger partial charge in [0, 0.05) is 22.5 Å². The molecule has 0 saturated carbocycles. The number of ether oxygens (including phenoxy) is 3. The van der Waals surface area contributed by atoms with Crippen LogP contribution < -0.4 is 9.47 Å². The van der Waals surface area contributed by atoms with Gasteiger partial charge in [0.2, 0.25) is 12.7 Å². The van der Waals surface area contributed by atoms with E-state index in [4.69, 9.17) is 25.8 Å². The van der Waals surface area contributed by atoms with E-state index in [-0.39, 0.29) is 31.1 Å². The molecule has 0 spiro atoms. The van der Waals surface area contributed by atoms with Gasteiger partial charge in [-0.25, -0.2) is 4.79 Å². The smallest absolute Gasteiger partial charge is 0.329 e. The maximum Gasteiger partial charge on any atom is 0.329 e. The van der Waals surface area contributed by atoms with Crippen molar-refractivity contribution < 1.29 is 23.8 Å². The van der Waals surface area contributed by atoms with Gasteiger partial charge in [-0.1, -0.05) is 31.2 Å². The van der Waals surface area contributed by atoms with Crippen LogP contribution >= 0.6 is 11.6 Å². The number of H-pyrrole nitrogens is 1. The number of para-hydroxylation sites is 1. The predicted molar refractivity (Wildman–Crippen MR) is 119 cm³/mol. The van der Waals surface area contributed by atoms with Crippen LogP contribution in [0.15, 0.2) is 42.5 Å². The minimum Gasteiger partial charge on any atom is -0.464 e. The summed E-state index contributed by atoms with van der Waals surface area (Å²) in [4.78, 5) is 31.4. The van der Waals surface area contributed by atoms with Gasteiger partial charge in [0.1, 0.15) is 11.9 Å². The summed E-state index contributed by atoms with van der Waals surface area (Å²) in [5.74, 6) is -0.0859. The van der Waals surface area contributed by atoms with Crippen molar-refractivity contribution in [2.24, 2.45) is 0 Å². The number of benzene rings is 2. The Balaban J connectivity index is 1.77. The molecular weight excluding hydrogens is 432 g/mol. The molecule has 166 valence electrons. The van der Waals surface area contributed by atoms with Crippen LogP contribution in [0.25, 0.3) is 10.9 Å². The molecule has 5 rings (SSSR count). The predicted octanol–water partition coefficient (Wildman–Crippen LogP) is 4.10. The molecule has 0 unspecified atom stereocenters. The summed E-state index contributed by atoms with van der Waals surface area (Å²) in [6.07, 6.45) is 0. The highest BCUT2D eigenvalue weighted by Gasteiger charge is 2.48. The first-order valence-corrected chi connectivity index (χ1v) is 11.1. The molecule has 0 bridgehead atoms. The molecule has 0 fully saturated rings. The number of nitrogens with zero attached hydrogens (tertiary/aromatic N) is 1. The average molecular weight is 455 g/mol. The van der Waals surface area contributed by atoms with Crippen molar-refractivity contribution in [1.82, 2.24) is 9.88 Å². The zero-order chi connectivity index (χ0) is 22.4. The van der Waals surface area contributed by atoms with Crippen LogP contribution in [0.4, 0.5) is 0 Å². The lowest BCUT2D eigenvalue weighted by Crippen LogP contribution is -2.54. The van der Waals surface area contributed by atoms with Gasteiger partial charge in [-0.15, -0.1) is 11.6 Å². The van der Waals surface area contributed by atoms with Crippen LogP contribution in [-0.2, 0) is 14.3 Å². The number of nitrogens with one attached hydrogen (secondary N) is 1. The quantitative estimate of drug-likeness (QED) is 0.474. The third-order valence-electron chi connectivity index (χ3n) is 6.20. The van der Waals surface area contributed by atoms with Crippen LogP contribution in [0.1, 0.15) is 42.6 Å². The number of fused-ring (bicyclic) bond motifs is 4. The average Bonchev–Trinajstić information content (AvgIpc) is 3.42. The minimum absolute atomic E-state index is 0.147. The number of aromatic nitrogens is 1. The second-order valence-corrected chi connectivity index (χ2v) is 8.20. The number of hydrogen-bond donors (Lipinski definition) is 1. The summed E-state index contributed by atoms with van der Waals surface area (Å²) in [5, 5.41) is 1.02. The maximum absolute atomic E-state index is 13.2. The largest absolute Gasteiger partial charge is 0.464 e. The van der Waals surface area contributed by atoms with Gasteiger partial charge < -0.3 is 24.1 Å². The molecule has 3 aromatic rings. The molecule has 2 aromatic carbocycles. The minimum atomic E-state index is -0.816. The summed E-state index contributed by atoms with van der Waals surface area (Å²) in [7, 11) is 0. The second-order valence-electron chi connectivity index (χ2n) is 7.93. The zero-order valence-corrected chi connectivity index (χ0v) is 18.5. The number of carbonyl (C=O) groups is 2. The van der Waals surface area contributed by atoms with Crippen LogP contribution in [0.3, 0.4) is 0 Å². The van der Waals surface area contributed by atoms with Gasteiger partial charge in [0.15, 0.2) is 11.5 Å². The lowest BCUT2D eigenvalue weighted by molar-refractivity contribution is -0.157. The molecule has 1 N–H and O–H groups in total. The first-order chi connectivity index (χ1) is 15.5. The zero-order valence-electron chi connectivity index (χ0n) is 17.8. The molecule has 8 heteroatoms. The van der Waals surface area contributed by atoms with E-state index in [0.29, 0.717) is 11.5 Å². The number of hydrogen-bond acceptors (Lipinski definition) is 5. The lowest BCUT2D eigenvalue weighted by atomic mass is 9.81. The number of amides is 1. The highest BCUT2D eigenvalue weighted by atomic mass is 35.5. The van der Waals surface area contributed by atoms with E-state index in [1.54, 1.807) is 11.8 Å². The van der Waals surface area contributed by atoms with Crippen molar-refractivity contribution in [1.29, 1.82) is 0 Å². The van der Waals surface area contributed by atoms with Gasteiger partial charge in [-0.05, 0) is 36.2 Å².